The average molecular weight is 260 g/mol. The van der Waals surface area contributed by atoms with Crippen molar-refractivity contribution in [3.8, 4) is 0 Å². The lowest BCUT2D eigenvalue weighted by atomic mass is 10.0. The maximum Gasteiger partial charge on any atom is 0.251 e. The molecule has 0 bridgehead atoms. The van der Waals surface area contributed by atoms with E-state index in [4.69, 9.17) is 5.73 Å². The van der Waals surface area contributed by atoms with Gasteiger partial charge in [-0.05, 0) is 47.4 Å². The van der Waals surface area contributed by atoms with E-state index in [-0.39, 0.29) is 5.91 Å². The lowest BCUT2D eigenvalue weighted by Crippen LogP contribution is -2.27. The molecule has 1 saturated carbocycles. The number of benzene rings is 1. The summed E-state index contributed by atoms with van der Waals surface area (Å²) in [4.78, 5) is 12.1. The van der Waals surface area contributed by atoms with E-state index in [1.54, 1.807) is 6.07 Å². The van der Waals surface area contributed by atoms with Crippen LogP contribution < -0.4 is 11.1 Å². The highest BCUT2D eigenvalue weighted by Gasteiger charge is 2.64. The summed E-state index contributed by atoms with van der Waals surface area (Å²) in [6.45, 7) is 11.7. The van der Waals surface area contributed by atoms with Crippen LogP contribution >= 0.6 is 0 Å². The summed E-state index contributed by atoms with van der Waals surface area (Å²) in [6, 6.07) is 5.46. The summed E-state index contributed by atoms with van der Waals surface area (Å²) in [5.74, 6) is 0.500. The summed E-state index contributed by atoms with van der Waals surface area (Å²) < 4.78 is 0. The van der Waals surface area contributed by atoms with Crippen molar-refractivity contribution in [1.29, 1.82) is 0 Å². The predicted molar refractivity (Wildman–Crippen MR) is 79.0 cm³/mol. The standard InChI is InChI=1S/C16H24N2O/c1-10-6-11(8-12(17)7-10)14(19)18-9-13-15(2,3)16(13,4)5/h6-8,13H,9,17H2,1-5H3,(H,18,19). The van der Waals surface area contributed by atoms with Crippen LogP contribution in [-0.4, -0.2) is 12.5 Å². The number of aryl methyl sites for hydroxylation is 1. The molecule has 0 unspecified atom stereocenters. The highest BCUT2D eigenvalue weighted by Crippen LogP contribution is 2.67. The number of hydrogen-bond donors (Lipinski definition) is 2. The first-order chi connectivity index (χ1) is 8.66. The van der Waals surface area contributed by atoms with Crippen molar-refractivity contribution < 1.29 is 4.79 Å². The van der Waals surface area contributed by atoms with Gasteiger partial charge in [0.2, 0.25) is 0 Å². The minimum Gasteiger partial charge on any atom is -0.399 e. The molecule has 3 heteroatoms. The Kier molecular flexibility index (Phi) is 3.12. The van der Waals surface area contributed by atoms with Crippen molar-refractivity contribution >= 4 is 11.6 Å². The maximum absolute atomic E-state index is 12.1. The molecular formula is C16H24N2O. The van der Waals surface area contributed by atoms with E-state index < -0.39 is 0 Å². The zero-order valence-corrected chi connectivity index (χ0v) is 12.5. The molecule has 1 fully saturated rings. The number of carbonyl (C=O) groups is 1. The fourth-order valence-corrected chi connectivity index (χ4v) is 3.08. The van der Waals surface area contributed by atoms with Gasteiger partial charge >= 0.3 is 0 Å². The van der Waals surface area contributed by atoms with Gasteiger partial charge in [-0.25, -0.2) is 0 Å². The molecule has 1 aromatic carbocycles. The molecule has 0 heterocycles. The molecule has 0 aromatic heterocycles. The van der Waals surface area contributed by atoms with Crippen LogP contribution in [0.3, 0.4) is 0 Å². The van der Waals surface area contributed by atoms with Gasteiger partial charge in [-0.15, -0.1) is 0 Å². The number of rotatable bonds is 3. The number of anilines is 1. The van der Waals surface area contributed by atoms with Crippen LogP contribution in [0.4, 0.5) is 5.69 Å². The molecule has 1 amide bonds. The van der Waals surface area contributed by atoms with Crippen LogP contribution in [0.15, 0.2) is 18.2 Å². The van der Waals surface area contributed by atoms with Gasteiger partial charge in [0.15, 0.2) is 0 Å². The quantitative estimate of drug-likeness (QED) is 0.821. The number of nitrogen functional groups attached to an aromatic ring is 1. The second-order valence-corrected chi connectivity index (χ2v) is 6.84. The zero-order valence-electron chi connectivity index (χ0n) is 12.5. The Labute approximate surface area is 115 Å². The van der Waals surface area contributed by atoms with E-state index in [1.165, 1.54) is 0 Å². The molecule has 2 rings (SSSR count). The fraction of sp³-hybridized carbons (Fsp3) is 0.562. The van der Waals surface area contributed by atoms with Crippen LogP contribution in [0.2, 0.25) is 0 Å². The molecule has 0 aliphatic heterocycles. The first-order valence-electron chi connectivity index (χ1n) is 6.81. The maximum atomic E-state index is 12.1. The molecule has 3 nitrogen and oxygen atoms in total. The third-order valence-corrected chi connectivity index (χ3v) is 5.15. The number of nitrogens with two attached hydrogens (primary N) is 1. The average Bonchev–Trinajstić information content (AvgIpc) is 2.65. The molecule has 1 aliphatic rings. The molecule has 0 saturated heterocycles. The van der Waals surface area contributed by atoms with Crippen LogP contribution in [-0.2, 0) is 0 Å². The van der Waals surface area contributed by atoms with Gasteiger partial charge in [0.25, 0.3) is 5.91 Å². The summed E-state index contributed by atoms with van der Waals surface area (Å²) in [7, 11) is 0. The van der Waals surface area contributed by atoms with Crippen LogP contribution in [0.1, 0.15) is 43.6 Å². The van der Waals surface area contributed by atoms with Crippen LogP contribution in [0.5, 0.6) is 0 Å². The Morgan fingerprint density at radius 1 is 1.21 bits per heavy atom. The fourth-order valence-electron chi connectivity index (χ4n) is 3.08. The predicted octanol–water partition coefficient (Wildman–Crippen LogP) is 2.99. The van der Waals surface area contributed by atoms with E-state index in [0.29, 0.717) is 28.0 Å². The molecule has 0 spiro atoms. The lowest BCUT2D eigenvalue weighted by Gasteiger charge is -2.08. The SMILES string of the molecule is Cc1cc(N)cc(C(=O)NCC2C(C)(C)C2(C)C)c1. The van der Waals surface area contributed by atoms with Crippen molar-refractivity contribution in [1.82, 2.24) is 5.32 Å². The zero-order chi connectivity index (χ0) is 14.4. The van der Waals surface area contributed by atoms with Crippen molar-refractivity contribution in [3.63, 3.8) is 0 Å². The Hall–Kier alpha value is -1.51. The largest absolute Gasteiger partial charge is 0.399 e. The van der Waals surface area contributed by atoms with Gasteiger partial charge in [0.05, 0.1) is 0 Å². The van der Waals surface area contributed by atoms with Gasteiger partial charge < -0.3 is 11.1 Å². The Balaban J connectivity index is 2.00. The molecule has 1 aromatic rings. The van der Waals surface area contributed by atoms with Gasteiger partial charge in [-0.3, -0.25) is 4.79 Å². The first-order valence-corrected chi connectivity index (χ1v) is 6.81. The molecule has 0 atom stereocenters. The lowest BCUT2D eigenvalue weighted by molar-refractivity contribution is 0.0950. The smallest absolute Gasteiger partial charge is 0.251 e. The molecule has 19 heavy (non-hydrogen) atoms. The van der Waals surface area contributed by atoms with E-state index in [9.17, 15) is 4.79 Å². The van der Waals surface area contributed by atoms with Crippen molar-refractivity contribution in [2.45, 2.75) is 34.6 Å². The Morgan fingerprint density at radius 3 is 2.26 bits per heavy atom. The Morgan fingerprint density at radius 2 is 1.79 bits per heavy atom. The van der Waals surface area contributed by atoms with Gasteiger partial charge in [0, 0.05) is 17.8 Å². The second kappa shape index (κ2) is 4.26. The van der Waals surface area contributed by atoms with Gasteiger partial charge in [-0.2, -0.15) is 0 Å². The van der Waals surface area contributed by atoms with Gasteiger partial charge in [0.1, 0.15) is 0 Å². The molecule has 1 aliphatic carbocycles. The minimum absolute atomic E-state index is 0.0334. The number of carbonyl (C=O) groups excluding carboxylic acids is 1. The summed E-state index contributed by atoms with van der Waals surface area (Å²) in [5.41, 5.74) is 8.66. The van der Waals surface area contributed by atoms with E-state index in [2.05, 4.69) is 33.0 Å². The summed E-state index contributed by atoms with van der Waals surface area (Å²) >= 11 is 0. The van der Waals surface area contributed by atoms with Gasteiger partial charge in [-0.1, -0.05) is 27.7 Å². The highest BCUT2D eigenvalue weighted by molar-refractivity contribution is 5.95. The third-order valence-electron chi connectivity index (χ3n) is 5.15. The second-order valence-electron chi connectivity index (χ2n) is 6.84. The normalized spacial score (nSPS) is 20.1. The molecule has 104 valence electrons. The van der Waals surface area contributed by atoms with Crippen molar-refractivity contribution in [2.24, 2.45) is 16.7 Å². The minimum atomic E-state index is -0.0334. The van der Waals surface area contributed by atoms with Crippen molar-refractivity contribution in [2.75, 3.05) is 12.3 Å². The molecule has 0 radical (unpaired) electrons. The summed E-state index contributed by atoms with van der Waals surface area (Å²) in [5, 5.41) is 3.03. The first kappa shape index (κ1) is 13.9. The number of nitrogens with one attached hydrogen (secondary N) is 1. The van der Waals surface area contributed by atoms with E-state index in [0.717, 1.165) is 12.1 Å². The molecule has 3 N–H and O–H groups in total. The number of hydrogen-bond acceptors (Lipinski definition) is 2. The van der Waals surface area contributed by atoms with Crippen LogP contribution in [0, 0.1) is 23.7 Å². The monoisotopic (exact) mass is 260 g/mol. The van der Waals surface area contributed by atoms with Crippen LogP contribution in [0.25, 0.3) is 0 Å². The number of amides is 1. The highest BCUT2D eigenvalue weighted by atomic mass is 16.1. The Bertz CT molecular complexity index is 483. The molecular weight excluding hydrogens is 236 g/mol. The summed E-state index contributed by atoms with van der Waals surface area (Å²) in [6.07, 6.45) is 0. The van der Waals surface area contributed by atoms with E-state index in [1.807, 2.05) is 19.1 Å². The topological polar surface area (TPSA) is 55.1 Å². The van der Waals surface area contributed by atoms with E-state index >= 15 is 0 Å². The van der Waals surface area contributed by atoms with Crippen molar-refractivity contribution in [3.05, 3.63) is 29.3 Å². The third kappa shape index (κ3) is 2.34.